The Labute approximate surface area is 224 Å². The van der Waals surface area contributed by atoms with Crippen molar-refractivity contribution in [1.29, 1.82) is 0 Å². The fourth-order valence-corrected chi connectivity index (χ4v) is 4.63. The van der Waals surface area contributed by atoms with E-state index in [1.165, 1.54) is 7.11 Å². The number of hydrogen-bond acceptors (Lipinski definition) is 4. The molecule has 0 amide bonds. The van der Waals surface area contributed by atoms with Crippen molar-refractivity contribution in [3.05, 3.63) is 118 Å². The number of methoxy groups -OCH3 is 1. The van der Waals surface area contributed by atoms with Crippen LogP contribution in [0.2, 0.25) is 10.0 Å². The molecule has 0 aliphatic heterocycles. The SMILES string of the molecule is COC(=O)c1ccc(Cn2cc(-c3ccc(Cl)cc3Cl)nc2-c2ccc(-c3ccc(O)cc3)cc2)cc1. The van der Waals surface area contributed by atoms with Crippen LogP contribution in [-0.2, 0) is 11.3 Å². The number of benzene rings is 4. The topological polar surface area (TPSA) is 64.4 Å². The first-order valence-corrected chi connectivity index (χ1v) is 12.3. The Morgan fingerprint density at radius 1 is 0.865 bits per heavy atom. The number of hydrogen-bond donors (Lipinski definition) is 1. The van der Waals surface area contributed by atoms with Crippen molar-refractivity contribution < 1.29 is 14.6 Å². The van der Waals surface area contributed by atoms with Gasteiger partial charge in [-0.25, -0.2) is 9.78 Å². The van der Waals surface area contributed by atoms with Gasteiger partial charge in [0.05, 0.1) is 23.4 Å². The normalized spacial score (nSPS) is 10.9. The van der Waals surface area contributed by atoms with E-state index >= 15 is 0 Å². The maximum atomic E-state index is 11.8. The van der Waals surface area contributed by atoms with Crippen molar-refractivity contribution in [2.75, 3.05) is 7.11 Å². The van der Waals surface area contributed by atoms with E-state index in [2.05, 4.69) is 4.57 Å². The Hall–Kier alpha value is -4.06. The highest BCUT2D eigenvalue weighted by molar-refractivity contribution is 6.36. The van der Waals surface area contributed by atoms with Crippen LogP contribution in [0, 0.1) is 0 Å². The Kier molecular flexibility index (Phi) is 6.99. The van der Waals surface area contributed by atoms with Gasteiger partial charge in [-0.1, -0.05) is 71.7 Å². The first kappa shape index (κ1) is 24.6. The number of aromatic hydroxyl groups is 1. The first-order valence-electron chi connectivity index (χ1n) is 11.5. The predicted octanol–water partition coefficient (Wildman–Crippen LogP) is 7.73. The highest BCUT2D eigenvalue weighted by atomic mass is 35.5. The van der Waals surface area contributed by atoms with E-state index in [0.29, 0.717) is 22.2 Å². The minimum absolute atomic E-state index is 0.232. The molecule has 1 N–H and O–H groups in total. The van der Waals surface area contributed by atoms with Crippen LogP contribution in [0.3, 0.4) is 0 Å². The highest BCUT2D eigenvalue weighted by Crippen LogP contribution is 2.33. The highest BCUT2D eigenvalue weighted by Gasteiger charge is 2.15. The number of imidazole rings is 1. The average Bonchev–Trinajstić information content (AvgIpc) is 3.32. The third kappa shape index (κ3) is 5.38. The van der Waals surface area contributed by atoms with Crippen molar-refractivity contribution in [2.24, 2.45) is 0 Å². The van der Waals surface area contributed by atoms with Crippen LogP contribution in [-0.4, -0.2) is 27.7 Å². The maximum Gasteiger partial charge on any atom is 0.337 e. The number of rotatable bonds is 6. The number of phenolic OH excluding ortho intramolecular Hbond substituents is 1. The van der Waals surface area contributed by atoms with Crippen LogP contribution in [0.1, 0.15) is 15.9 Å². The summed E-state index contributed by atoms with van der Waals surface area (Å²) in [4.78, 5) is 16.8. The molecule has 0 atom stereocenters. The second-order valence-electron chi connectivity index (χ2n) is 8.51. The molecular formula is C30H22Cl2N2O3. The molecule has 0 unspecified atom stereocenters. The van der Waals surface area contributed by atoms with Gasteiger partial charge in [0.2, 0.25) is 0 Å². The Morgan fingerprint density at radius 2 is 1.49 bits per heavy atom. The molecule has 5 nitrogen and oxygen atoms in total. The van der Waals surface area contributed by atoms with Gasteiger partial charge in [0.15, 0.2) is 0 Å². The van der Waals surface area contributed by atoms with Gasteiger partial charge in [-0.05, 0) is 59.2 Å². The molecule has 1 heterocycles. The molecule has 0 radical (unpaired) electrons. The van der Waals surface area contributed by atoms with E-state index in [0.717, 1.165) is 39.3 Å². The minimum atomic E-state index is -0.372. The van der Waals surface area contributed by atoms with E-state index in [1.807, 2.05) is 60.8 Å². The van der Waals surface area contributed by atoms with Gasteiger partial charge in [0.25, 0.3) is 0 Å². The maximum absolute atomic E-state index is 11.8. The van der Waals surface area contributed by atoms with Crippen LogP contribution >= 0.6 is 23.2 Å². The molecule has 5 aromatic rings. The zero-order valence-electron chi connectivity index (χ0n) is 19.9. The molecule has 0 saturated heterocycles. The zero-order valence-corrected chi connectivity index (χ0v) is 21.4. The number of aromatic nitrogens is 2. The van der Waals surface area contributed by atoms with E-state index < -0.39 is 0 Å². The lowest BCUT2D eigenvalue weighted by molar-refractivity contribution is 0.0600. The fraction of sp³-hybridized carbons (Fsp3) is 0.0667. The Morgan fingerprint density at radius 3 is 2.11 bits per heavy atom. The Balaban J connectivity index is 1.53. The summed E-state index contributed by atoms with van der Waals surface area (Å²) in [6, 6.07) is 27.9. The van der Waals surface area contributed by atoms with Crippen LogP contribution < -0.4 is 0 Å². The molecule has 184 valence electrons. The monoisotopic (exact) mass is 528 g/mol. The van der Waals surface area contributed by atoms with Crippen LogP contribution in [0.25, 0.3) is 33.8 Å². The van der Waals surface area contributed by atoms with Crippen molar-refractivity contribution >= 4 is 29.2 Å². The van der Waals surface area contributed by atoms with Crippen molar-refractivity contribution in [1.82, 2.24) is 9.55 Å². The molecule has 0 fully saturated rings. The molecule has 0 saturated carbocycles. The number of nitrogens with zero attached hydrogens (tertiary/aromatic N) is 2. The van der Waals surface area contributed by atoms with Gasteiger partial charge < -0.3 is 14.4 Å². The third-order valence-electron chi connectivity index (χ3n) is 6.06. The van der Waals surface area contributed by atoms with Crippen molar-refractivity contribution in [3.63, 3.8) is 0 Å². The molecule has 4 aromatic carbocycles. The largest absolute Gasteiger partial charge is 0.508 e. The smallest absolute Gasteiger partial charge is 0.337 e. The molecule has 37 heavy (non-hydrogen) atoms. The molecule has 0 spiro atoms. The summed E-state index contributed by atoms with van der Waals surface area (Å²) in [7, 11) is 1.37. The minimum Gasteiger partial charge on any atom is -0.508 e. The average molecular weight is 529 g/mol. The molecule has 1 aromatic heterocycles. The lowest BCUT2D eigenvalue weighted by atomic mass is 10.0. The first-order chi connectivity index (χ1) is 17.9. The van der Waals surface area contributed by atoms with Crippen LogP contribution in [0.15, 0.2) is 97.2 Å². The van der Waals surface area contributed by atoms with Crippen LogP contribution in [0.4, 0.5) is 0 Å². The molecular weight excluding hydrogens is 507 g/mol. The van der Waals surface area contributed by atoms with Crippen molar-refractivity contribution in [2.45, 2.75) is 6.54 Å². The predicted molar refractivity (Wildman–Crippen MR) is 147 cm³/mol. The summed E-state index contributed by atoms with van der Waals surface area (Å²) >= 11 is 12.6. The summed E-state index contributed by atoms with van der Waals surface area (Å²) in [6.45, 7) is 0.536. The van der Waals surface area contributed by atoms with Gasteiger partial charge in [-0.3, -0.25) is 0 Å². The van der Waals surface area contributed by atoms with Crippen LogP contribution in [0.5, 0.6) is 5.75 Å². The van der Waals surface area contributed by atoms with Gasteiger partial charge >= 0.3 is 5.97 Å². The summed E-state index contributed by atoms with van der Waals surface area (Å²) in [6.07, 6.45) is 1.96. The summed E-state index contributed by atoms with van der Waals surface area (Å²) in [5, 5.41) is 10.7. The lowest BCUT2D eigenvalue weighted by Crippen LogP contribution is -2.03. The zero-order chi connectivity index (χ0) is 25.9. The van der Waals surface area contributed by atoms with Gasteiger partial charge in [0.1, 0.15) is 11.6 Å². The van der Waals surface area contributed by atoms with Gasteiger partial charge in [0, 0.05) is 28.9 Å². The molecule has 5 rings (SSSR count). The van der Waals surface area contributed by atoms with Crippen molar-refractivity contribution in [3.8, 4) is 39.5 Å². The summed E-state index contributed by atoms with van der Waals surface area (Å²) in [5.74, 6) is 0.633. The summed E-state index contributed by atoms with van der Waals surface area (Å²) < 4.78 is 6.86. The number of carbonyl (C=O) groups excluding carboxylic acids is 1. The van der Waals surface area contributed by atoms with Gasteiger partial charge in [-0.15, -0.1) is 0 Å². The quantitative estimate of drug-likeness (QED) is 0.229. The third-order valence-corrected chi connectivity index (χ3v) is 6.60. The molecule has 0 aliphatic rings. The van der Waals surface area contributed by atoms with E-state index in [9.17, 15) is 9.90 Å². The van der Waals surface area contributed by atoms with Gasteiger partial charge in [-0.2, -0.15) is 0 Å². The standard InChI is InChI=1S/C30H22Cl2N2O3/c1-37-30(36)23-4-2-19(3-5-23)17-34-18-28(26-15-12-24(31)16-27(26)32)33-29(34)22-8-6-20(7-9-22)21-10-13-25(35)14-11-21/h2-16,18,35H,17H2,1H3. The Bertz CT molecular complexity index is 1560. The second kappa shape index (κ2) is 10.5. The number of esters is 1. The molecule has 7 heteroatoms. The van der Waals surface area contributed by atoms with E-state index in [-0.39, 0.29) is 11.7 Å². The van der Waals surface area contributed by atoms with E-state index in [1.54, 1.807) is 36.4 Å². The lowest BCUT2D eigenvalue weighted by Gasteiger charge is -2.10. The van der Waals surface area contributed by atoms with E-state index in [4.69, 9.17) is 32.9 Å². The number of halogens is 2. The molecule has 0 aliphatic carbocycles. The number of ether oxygens (including phenoxy) is 1. The molecule has 0 bridgehead atoms. The number of phenols is 1. The summed E-state index contributed by atoms with van der Waals surface area (Å²) in [5.41, 5.74) is 5.98. The second-order valence-corrected chi connectivity index (χ2v) is 9.36. The fourth-order valence-electron chi connectivity index (χ4n) is 4.12. The number of carbonyl (C=O) groups is 1.